The van der Waals surface area contributed by atoms with E-state index in [4.69, 9.17) is 18.9 Å². The van der Waals surface area contributed by atoms with Gasteiger partial charge in [0.25, 0.3) is 0 Å². The average molecular weight is 826 g/mol. The second-order valence-electron chi connectivity index (χ2n) is 17.8. The Hall–Kier alpha value is -4.74. The number of alkyl carbamates (subject to hydrolysis) is 1. The van der Waals surface area contributed by atoms with Crippen LogP contribution in [-0.4, -0.2) is 115 Å². The molecule has 1 amide bonds. The van der Waals surface area contributed by atoms with Crippen LogP contribution in [0.4, 0.5) is 4.79 Å². The maximum Gasteiger partial charge on any atom is 0.408 e. The predicted octanol–water partition coefficient (Wildman–Crippen LogP) is 2.36. The Kier molecular flexibility index (Phi) is 12.6. The summed E-state index contributed by atoms with van der Waals surface area (Å²) in [5, 5.41) is 63.0. The smallest absolute Gasteiger partial charge is 0.408 e. The highest BCUT2D eigenvalue weighted by atomic mass is 16.6. The number of carbonyl (C=O) groups is 6. The summed E-state index contributed by atoms with van der Waals surface area (Å²) in [6.45, 7) is 10.4. The molecule has 0 saturated heterocycles. The zero-order valence-corrected chi connectivity index (χ0v) is 34.4. The molecule has 0 radical (unpaired) electrons. The lowest BCUT2D eigenvalue weighted by atomic mass is 9.43. The lowest BCUT2D eigenvalue weighted by molar-refractivity contribution is -0.299. The van der Waals surface area contributed by atoms with E-state index in [1.165, 1.54) is 45.0 Å². The number of fused-ring (bicyclic) bond motifs is 3. The number of Topliss-reactive ketones (excluding diaryl/α,β-unsaturated/α-hetero) is 2. The number of hydrogen-bond donors (Lipinski definition) is 6. The monoisotopic (exact) mass is 825 g/mol. The van der Waals surface area contributed by atoms with Gasteiger partial charge in [0.15, 0.2) is 6.10 Å². The fraction of sp³-hybridized carbons (Fsp3) is 0.581. The van der Waals surface area contributed by atoms with E-state index in [0.717, 1.165) is 13.8 Å². The number of aliphatic hydroxyl groups is 5. The molecular weight excluding hydrogens is 770 g/mol. The molecule has 0 heterocycles. The number of aliphatic hydroxyl groups excluding tert-OH is 3. The van der Waals surface area contributed by atoms with E-state index >= 15 is 0 Å². The van der Waals surface area contributed by atoms with Crippen molar-refractivity contribution in [2.24, 2.45) is 28.6 Å². The first-order valence-electron chi connectivity index (χ1n) is 19.5. The van der Waals surface area contributed by atoms with Gasteiger partial charge >= 0.3 is 24.0 Å². The van der Waals surface area contributed by atoms with Crippen molar-refractivity contribution in [2.45, 2.75) is 122 Å². The number of rotatable bonds is 9. The molecule has 322 valence electrons. The maximum absolute atomic E-state index is 14.8. The molecule has 2 unspecified atom stereocenters. The molecule has 16 nitrogen and oxygen atoms in total. The average Bonchev–Trinajstić information content (AvgIpc) is 3.16. The van der Waals surface area contributed by atoms with E-state index in [0.29, 0.717) is 5.56 Å². The van der Waals surface area contributed by atoms with Crippen LogP contribution in [0.5, 0.6) is 0 Å². The van der Waals surface area contributed by atoms with E-state index in [2.05, 4.69) is 5.32 Å². The van der Waals surface area contributed by atoms with Crippen molar-refractivity contribution in [3.8, 4) is 0 Å². The zero-order chi connectivity index (χ0) is 44.0. The highest BCUT2D eigenvalue weighted by molar-refractivity contribution is 6.40. The molecule has 0 spiro atoms. The number of ketones is 2. The molecule has 0 aromatic heterocycles. The Morgan fingerprint density at radius 1 is 0.898 bits per heavy atom. The maximum atomic E-state index is 14.8. The summed E-state index contributed by atoms with van der Waals surface area (Å²) < 4.78 is 22.6. The second kappa shape index (κ2) is 16.4. The summed E-state index contributed by atoms with van der Waals surface area (Å²) in [5.41, 5.74) is -10.1. The molecule has 16 heteroatoms. The Morgan fingerprint density at radius 3 is 2.03 bits per heavy atom. The van der Waals surface area contributed by atoms with Gasteiger partial charge in [-0.05, 0) is 45.4 Å². The molecule has 3 fully saturated rings. The summed E-state index contributed by atoms with van der Waals surface area (Å²) in [6.07, 6.45) is -11.8. The van der Waals surface area contributed by atoms with E-state index in [1.54, 1.807) is 57.2 Å². The zero-order valence-electron chi connectivity index (χ0n) is 34.4. The van der Waals surface area contributed by atoms with Gasteiger partial charge in [-0.2, -0.15) is 0 Å². The molecule has 2 aromatic carbocycles. The number of ether oxygens (including phenoxy) is 4. The molecule has 3 aliphatic rings. The highest BCUT2D eigenvalue weighted by Crippen LogP contribution is 2.62. The summed E-state index contributed by atoms with van der Waals surface area (Å²) in [5.74, 6) is -10.3. The van der Waals surface area contributed by atoms with Crippen molar-refractivity contribution in [3.05, 3.63) is 71.8 Å². The molecule has 3 aliphatic carbocycles. The highest BCUT2D eigenvalue weighted by Gasteiger charge is 2.76. The van der Waals surface area contributed by atoms with Crippen LogP contribution in [0, 0.1) is 28.6 Å². The molecule has 0 aliphatic heterocycles. The Morgan fingerprint density at radius 2 is 1.47 bits per heavy atom. The van der Waals surface area contributed by atoms with Crippen LogP contribution >= 0.6 is 0 Å². The molecule has 2 aromatic rings. The minimum absolute atomic E-state index is 0.0308. The molecule has 2 bridgehead atoms. The van der Waals surface area contributed by atoms with Crippen LogP contribution < -0.4 is 5.32 Å². The van der Waals surface area contributed by atoms with Gasteiger partial charge in [-0.3, -0.25) is 14.4 Å². The first-order chi connectivity index (χ1) is 27.3. The minimum atomic E-state index is -2.74. The van der Waals surface area contributed by atoms with Gasteiger partial charge in [0.1, 0.15) is 35.6 Å². The molecule has 59 heavy (non-hydrogen) atoms. The van der Waals surface area contributed by atoms with Gasteiger partial charge in [-0.25, -0.2) is 14.4 Å². The molecule has 5 rings (SSSR count). The first kappa shape index (κ1) is 45.3. The number of esters is 3. The number of carbonyl (C=O) groups excluding carboxylic acids is 6. The van der Waals surface area contributed by atoms with E-state index in [9.17, 15) is 54.3 Å². The summed E-state index contributed by atoms with van der Waals surface area (Å²) in [7, 11) is 0. The van der Waals surface area contributed by atoms with Crippen LogP contribution in [-0.2, 0) is 38.1 Å². The number of benzene rings is 2. The Bertz CT molecular complexity index is 1930. The van der Waals surface area contributed by atoms with Crippen LogP contribution in [0.15, 0.2) is 60.7 Å². The number of hydrogen-bond acceptors (Lipinski definition) is 15. The van der Waals surface area contributed by atoms with Crippen LogP contribution in [0.3, 0.4) is 0 Å². The first-order valence-corrected chi connectivity index (χ1v) is 19.5. The van der Waals surface area contributed by atoms with Gasteiger partial charge in [-0.1, -0.05) is 69.3 Å². The predicted molar refractivity (Wildman–Crippen MR) is 206 cm³/mol. The Balaban J connectivity index is 1.66. The topological polar surface area (TPSA) is 253 Å². The summed E-state index contributed by atoms with van der Waals surface area (Å²) >= 11 is 0. The third-order valence-electron chi connectivity index (χ3n) is 12.6. The molecule has 12 atom stereocenters. The molecular formula is C43H55NO15. The van der Waals surface area contributed by atoms with Crippen molar-refractivity contribution in [1.29, 1.82) is 0 Å². The Labute approximate surface area is 342 Å². The SMILES string of the molecule is CC(=O)OC[C@]1(O)[C@H](O)C[C@H](O)[C@@]2(C)C(=O)C(=O)C3C(C)[C@@H](OC(=O)[C@H](O)[C@@H](NC(=O)OC(C)(C)C)c4ccccc4)C[C@@](O)([C@@H](OC(=O)c4ccccc4)[C@H]12)C3(C)C. The van der Waals surface area contributed by atoms with Gasteiger partial charge in [-0.15, -0.1) is 0 Å². The fourth-order valence-corrected chi connectivity index (χ4v) is 9.36. The third kappa shape index (κ3) is 8.25. The summed E-state index contributed by atoms with van der Waals surface area (Å²) in [6, 6.07) is 14.1. The van der Waals surface area contributed by atoms with Gasteiger partial charge in [0.05, 0.1) is 29.2 Å². The largest absolute Gasteiger partial charge is 0.463 e. The molecule has 3 saturated carbocycles. The second-order valence-corrected chi connectivity index (χ2v) is 17.8. The molecule has 6 N–H and O–H groups in total. The van der Waals surface area contributed by atoms with Crippen LogP contribution in [0.25, 0.3) is 0 Å². The van der Waals surface area contributed by atoms with Crippen molar-refractivity contribution in [2.75, 3.05) is 6.61 Å². The van der Waals surface area contributed by atoms with Crippen LogP contribution in [0.1, 0.15) is 90.2 Å². The van der Waals surface area contributed by atoms with Crippen LogP contribution in [0.2, 0.25) is 0 Å². The standard InChI is InChI=1S/C43H55NO15/c1-22-26(57-37(52)32(49)30(24-15-11-9-12-16-24)44-38(53)59-39(3,4)5)20-43(55)35(58-36(51)25-17-13-10-14-18-25)33-41(8,34(50)31(48)29(22)40(43,6)7)27(46)19-28(47)42(33,54)21-56-23(2)45/h9-18,22,26-30,32-33,35,46-47,49,54-55H,19-21H2,1-8H3,(H,44,53)/t22?,26-,27-,28+,29?,30-,32+,33-,35-,41+,42-,43+/m0/s1. The van der Waals surface area contributed by atoms with Crippen molar-refractivity contribution in [1.82, 2.24) is 5.32 Å². The quantitative estimate of drug-likeness (QED) is 0.121. The van der Waals surface area contributed by atoms with Crippen molar-refractivity contribution in [3.63, 3.8) is 0 Å². The van der Waals surface area contributed by atoms with Gasteiger partial charge < -0.3 is 49.8 Å². The van der Waals surface area contributed by atoms with E-state index in [-0.39, 0.29) is 5.56 Å². The van der Waals surface area contributed by atoms with Gasteiger partial charge in [0, 0.05) is 42.9 Å². The normalized spacial score (nSPS) is 33.8. The van der Waals surface area contributed by atoms with E-state index in [1.807, 2.05) is 0 Å². The minimum Gasteiger partial charge on any atom is -0.463 e. The van der Waals surface area contributed by atoms with Crippen molar-refractivity contribution < 1.29 is 73.2 Å². The summed E-state index contributed by atoms with van der Waals surface area (Å²) in [4.78, 5) is 82.7. The fourth-order valence-electron chi connectivity index (χ4n) is 9.36. The van der Waals surface area contributed by atoms with E-state index < -0.39 is 137 Å². The number of nitrogens with one attached hydrogen (secondary N) is 1. The third-order valence-corrected chi connectivity index (χ3v) is 12.6. The lowest BCUT2D eigenvalue weighted by Crippen LogP contribution is -2.79. The van der Waals surface area contributed by atoms with Gasteiger partial charge in [0.2, 0.25) is 11.6 Å². The lowest BCUT2D eigenvalue weighted by Gasteiger charge is -2.64. The number of amides is 1. The van der Waals surface area contributed by atoms with Crippen molar-refractivity contribution >= 4 is 35.6 Å².